The Labute approximate surface area is 119 Å². The van der Waals surface area contributed by atoms with Gasteiger partial charge in [-0.25, -0.2) is 13.4 Å². The summed E-state index contributed by atoms with van der Waals surface area (Å²) in [4.78, 5) is 4.35. The molecule has 1 aliphatic heterocycles. The van der Waals surface area contributed by atoms with Crippen molar-refractivity contribution in [2.45, 2.75) is 18.9 Å². The van der Waals surface area contributed by atoms with Crippen LogP contribution >= 0.6 is 15.9 Å². The fourth-order valence-corrected chi connectivity index (χ4v) is 4.43. The van der Waals surface area contributed by atoms with Crippen molar-refractivity contribution in [2.24, 2.45) is 0 Å². The predicted octanol–water partition coefficient (Wildman–Crippen LogP) is 2.13. The quantitative estimate of drug-likeness (QED) is 0.860. The van der Waals surface area contributed by atoms with Gasteiger partial charge in [0, 0.05) is 10.5 Å². The molecule has 1 aromatic carbocycles. The number of fused-ring (bicyclic) bond motifs is 1. The summed E-state index contributed by atoms with van der Waals surface area (Å²) in [5, 5.41) is 0. The Morgan fingerprint density at radius 2 is 2.00 bits per heavy atom. The zero-order chi connectivity index (χ0) is 13.6. The van der Waals surface area contributed by atoms with Crippen molar-refractivity contribution in [3.8, 4) is 0 Å². The van der Waals surface area contributed by atoms with Gasteiger partial charge in [0.1, 0.15) is 9.84 Å². The van der Waals surface area contributed by atoms with Gasteiger partial charge in [-0.15, -0.1) is 0 Å². The molecular formula is C12H14BrN3O2S. The molecule has 0 amide bonds. The summed E-state index contributed by atoms with van der Waals surface area (Å²) >= 11 is 3.41. The molecule has 102 valence electrons. The smallest absolute Gasteiger partial charge is 0.201 e. The number of rotatable bonds is 1. The van der Waals surface area contributed by atoms with Crippen LogP contribution in [0.3, 0.4) is 0 Å². The summed E-state index contributed by atoms with van der Waals surface area (Å²) in [6.45, 7) is 0. The molecule has 0 bridgehead atoms. The van der Waals surface area contributed by atoms with E-state index in [4.69, 9.17) is 5.73 Å². The first-order chi connectivity index (χ1) is 8.96. The number of imidazole rings is 1. The zero-order valence-corrected chi connectivity index (χ0v) is 12.6. The molecule has 1 aliphatic rings. The van der Waals surface area contributed by atoms with E-state index in [0.717, 1.165) is 15.5 Å². The van der Waals surface area contributed by atoms with Gasteiger partial charge in [-0.1, -0.05) is 15.9 Å². The highest BCUT2D eigenvalue weighted by Crippen LogP contribution is 2.31. The molecule has 2 aromatic rings. The predicted molar refractivity (Wildman–Crippen MR) is 78.8 cm³/mol. The molecule has 0 saturated carbocycles. The van der Waals surface area contributed by atoms with Crippen molar-refractivity contribution in [1.29, 1.82) is 0 Å². The third kappa shape index (κ3) is 2.36. The lowest BCUT2D eigenvalue weighted by molar-refractivity contribution is 0.463. The van der Waals surface area contributed by atoms with Gasteiger partial charge in [0.2, 0.25) is 5.95 Å². The summed E-state index contributed by atoms with van der Waals surface area (Å²) in [6, 6.07) is 5.95. The Hall–Kier alpha value is -1.08. The number of halogens is 1. The number of sulfone groups is 1. The summed E-state index contributed by atoms with van der Waals surface area (Å²) < 4.78 is 25.9. The van der Waals surface area contributed by atoms with Crippen molar-refractivity contribution in [3.63, 3.8) is 0 Å². The Kier molecular flexibility index (Phi) is 3.05. The molecule has 0 aliphatic carbocycles. The second kappa shape index (κ2) is 4.49. The standard InChI is InChI=1S/C12H14BrN3O2S/c13-8-1-2-11-10(7-8)15-12(14)16(11)9-3-5-19(17,18)6-4-9/h1-2,7,9H,3-6H2,(H2,14,15). The zero-order valence-electron chi connectivity index (χ0n) is 10.2. The summed E-state index contributed by atoms with van der Waals surface area (Å²) in [5.74, 6) is 0.915. The van der Waals surface area contributed by atoms with E-state index in [2.05, 4.69) is 20.9 Å². The molecule has 0 spiro atoms. The maximum Gasteiger partial charge on any atom is 0.201 e. The van der Waals surface area contributed by atoms with Crippen LogP contribution < -0.4 is 5.73 Å². The number of hydrogen-bond acceptors (Lipinski definition) is 4. The number of benzene rings is 1. The van der Waals surface area contributed by atoms with E-state index in [9.17, 15) is 8.42 Å². The van der Waals surface area contributed by atoms with E-state index in [-0.39, 0.29) is 17.5 Å². The van der Waals surface area contributed by atoms with Crippen molar-refractivity contribution in [2.75, 3.05) is 17.2 Å². The van der Waals surface area contributed by atoms with Crippen LogP contribution in [-0.2, 0) is 9.84 Å². The van der Waals surface area contributed by atoms with Gasteiger partial charge >= 0.3 is 0 Å². The number of aromatic nitrogens is 2. The van der Waals surface area contributed by atoms with Crippen LogP contribution in [0.25, 0.3) is 11.0 Å². The summed E-state index contributed by atoms with van der Waals surface area (Å²) in [6.07, 6.45) is 1.21. The van der Waals surface area contributed by atoms with Gasteiger partial charge in [-0.3, -0.25) is 0 Å². The van der Waals surface area contributed by atoms with Crippen LogP contribution in [0.4, 0.5) is 5.95 Å². The summed E-state index contributed by atoms with van der Waals surface area (Å²) in [7, 11) is -2.86. The fourth-order valence-electron chi connectivity index (χ4n) is 2.61. The van der Waals surface area contributed by atoms with Gasteiger partial charge in [0.15, 0.2) is 0 Å². The molecule has 1 fully saturated rings. The van der Waals surface area contributed by atoms with Gasteiger partial charge < -0.3 is 10.3 Å². The molecule has 0 unspecified atom stereocenters. The van der Waals surface area contributed by atoms with Crippen LogP contribution in [0, 0.1) is 0 Å². The Morgan fingerprint density at radius 3 is 2.68 bits per heavy atom. The average molecular weight is 344 g/mol. The molecule has 0 radical (unpaired) electrons. The first-order valence-corrected chi connectivity index (χ1v) is 8.71. The third-order valence-electron chi connectivity index (χ3n) is 3.57. The van der Waals surface area contributed by atoms with E-state index in [1.54, 1.807) is 0 Å². The van der Waals surface area contributed by atoms with Crippen LogP contribution in [0.5, 0.6) is 0 Å². The van der Waals surface area contributed by atoms with E-state index in [0.29, 0.717) is 18.8 Å². The largest absolute Gasteiger partial charge is 0.369 e. The normalized spacial score (nSPS) is 19.8. The van der Waals surface area contributed by atoms with Gasteiger partial charge in [-0.05, 0) is 31.0 Å². The van der Waals surface area contributed by atoms with Crippen molar-refractivity contribution in [3.05, 3.63) is 22.7 Å². The summed E-state index contributed by atoms with van der Waals surface area (Å²) in [5.41, 5.74) is 7.79. The maximum atomic E-state index is 11.5. The highest BCUT2D eigenvalue weighted by Gasteiger charge is 2.27. The van der Waals surface area contributed by atoms with Crippen LogP contribution in [0.2, 0.25) is 0 Å². The minimum Gasteiger partial charge on any atom is -0.369 e. The number of nitrogens with zero attached hydrogens (tertiary/aromatic N) is 2. The molecule has 5 nitrogen and oxygen atoms in total. The van der Waals surface area contributed by atoms with Crippen molar-refractivity contribution >= 4 is 42.7 Å². The van der Waals surface area contributed by atoms with Crippen molar-refractivity contribution < 1.29 is 8.42 Å². The van der Waals surface area contributed by atoms with Gasteiger partial charge in [0.05, 0.1) is 22.5 Å². The Bertz CT molecular complexity index is 725. The highest BCUT2D eigenvalue weighted by atomic mass is 79.9. The number of hydrogen-bond donors (Lipinski definition) is 1. The minimum atomic E-state index is -2.86. The van der Waals surface area contributed by atoms with Crippen LogP contribution in [0.1, 0.15) is 18.9 Å². The molecular weight excluding hydrogens is 330 g/mol. The molecule has 2 N–H and O–H groups in total. The lowest BCUT2D eigenvalue weighted by atomic mass is 10.1. The molecule has 0 atom stereocenters. The van der Waals surface area contributed by atoms with Crippen molar-refractivity contribution in [1.82, 2.24) is 9.55 Å². The van der Waals surface area contributed by atoms with E-state index < -0.39 is 9.84 Å². The second-order valence-corrected chi connectivity index (χ2v) is 8.08. The molecule has 1 aromatic heterocycles. The van der Waals surface area contributed by atoms with E-state index in [1.165, 1.54) is 0 Å². The van der Waals surface area contributed by atoms with E-state index >= 15 is 0 Å². The van der Waals surface area contributed by atoms with E-state index in [1.807, 2.05) is 22.8 Å². The molecule has 19 heavy (non-hydrogen) atoms. The first kappa shape index (κ1) is 12.9. The van der Waals surface area contributed by atoms with Gasteiger partial charge in [-0.2, -0.15) is 0 Å². The topological polar surface area (TPSA) is 78.0 Å². The SMILES string of the molecule is Nc1nc2cc(Br)ccc2n1C1CCS(=O)(=O)CC1. The van der Waals surface area contributed by atoms with Crippen LogP contribution in [0.15, 0.2) is 22.7 Å². The Balaban J connectivity index is 2.03. The number of nitrogens with two attached hydrogens (primary N) is 1. The average Bonchev–Trinajstić information content (AvgIpc) is 2.65. The number of anilines is 1. The monoisotopic (exact) mass is 343 g/mol. The Morgan fingerprint density at radius 1 is 1.32 bits per heavy atom. The second-order valence-electron chi connectivity index (χ2n) is 4.86. The highest BCUT2D eigenvalue weighted by molar-refractivity contribution is 9.10. The maximum absolute atomic E-state index is 11.5. The van der Waals surface area contributed by atoms with Gasteiger partial charge in [0.25, 0.3) is 0 Å². The lowest BCUT2D eigenvalue weighted by Crippen LogP contribution is -2.26. The first-order valence-electron chi connectivity index (χ1n) is 6.10. The molecule has 7 heteroatoms. The molecule has 1 saturated heterocycles. The third-order valence-corrected chi connectivity index (χ3v) is 5.78. The lowest BCUT2D eigenvalue weighted by Gasteiger charge is -2.24. The molecule has 2 heterocycles. The molecule has 3 rings (SSSR count). The van der Waals surface area contributed by atoms with Crippen LogP contribution in [-0.4, -0.2) is 29.5 Å². The fraction of sp³-hybridized carbons (Fsp3) is 0.417. The number of nitrogen functional groups attached to an aromatic ring is 1. The minimum absolute atomic E-state index is 0.120.